The SMILES string of the molecule is O=C(CNc1cccc(F)c1)NC(c1ccccc1)c1ccccc1. The van der Waals surface area contributed by atoms with E-state index in [2.05, 4.69) is 10.6 Å². The quantitative estimate of drug-likeness (QED) is 0.711. The summed E-state index contributed by atoms with van der Waals surface area (Å²) in [5.74, 6) is -0.501. The molecule has 1 amide bonds. The number of halogens is 1. The van der Waals surface area contributed by atoms with Gasteiger partial charge in [0.2, 0.25) is 5.91 Å². The highest BCUT2D eigenvalue weighted by molar-refractivity contribution is 5.81. The number of hydrogen-bond donors (Lipinski definition) is 2. The minimum atomic E-state index is -0.336. The highest BCUT2D eigenvalue weighted by Crippen LogP contribution is 2.21. The molecule has 126 valence electrons. The fraction of sp³-hybridized carbons (Fsp3) is 0.0952. The van der Waals surface area contributed by atoms with E-state index in [1.165, 1.54) is 12.1 Å². The molecule has 0 aliphatic rings. The first kappa shape index (κ1) is 16.7. The smallest absolute Gasteiger partial charge is 0.240 e. The van der Waals surface area contributed by atoms with E-state index < -0.39 is 0 Å². The Labute approximate surface area is 146 Å². The van der Waals surface area contributed by atoms with Crippen molar-refractivity contribution in [1.82, 2.24) is 5.32 Å². The zero-order valence-corrected chi connectivity index (χ0v) is 13.7. The zero-order chi connectivity index (χ0) is 17.5. The summed E-state index contributed by atoms with van der Waals surface area (Å²) in [5.41, 5.74) is 2.59. The molecular weight excluding hydrogens is 315 g/mol. The molecule has 4 heteroatoms. The van der Waals surface area contributed by atoms with Crippen LogP contribution < -0.4 is 10.6 Å². The number of nitrogens with one attached hydrogen (secondary N) is 2. The van der Waals surface area contributed by atoms with E-state index in [0.29, 0.717) is 5.69 Å². The average Bonchev–Trinajstić information content (AvgIpc) is 2.66. The lowest BCUT2D eigenvalue weighted by Crippen LogP contribution is -2.33. The van der Waals surface area contributed by atoms with E-state index in [9.17, 15) is 9.18 Å². The molecule has 0 aliphatic heterocycles. The maximum Gasteiger partial charge on any atom is 0.240 e. The Kier molecular flexibility index (Phi) is 5.42. The van der Waals surface area contributed by atoms with Gasteiger partial charge in [0.25, 0.3) is 0 Å². The van der Waals surface area contributed by atoms with E-state index in [1.807, 2.05) is 60.7 Å². The first-order valence-corrected chi connectivity index (χ1v) is 8.11. The van der Waals surface area contributed by atoms with Gasteiger partial charge in [0, 0.05) is 5.69 Å². The second-order valence-corrected chi connectivity index (χ2v) is 5.69. The van der Waals surface area contributed by atoms with Gasteiger partial charge < -0.3 is 10.6 Å². The Morgan fingerprint density at radius 3 is 2.00 bits per heavy atom. The van der Waals surface area contributed by atoms with Gasteiger partial charge in [-0.05, 0) is 29.3 Å². The Morgan fingerprint density at radius 1 is 0.840 bits per heavy atom. The van der Waals surface area contributed by atoms with Crippen LogP contribution in [0, 0.1) is 5.82 Å². The van der Waals surface area contributed by atoms with Crippen molar-refractivity contribution in [1.29, 1.82) is 0 Å². The Bertz CT molecular complexity index is 782. The van der Waals surface area contributed by atoms with Crippen LogP contribution in [0.2, 0.25) is 0 Å². The minimum absolute atomic E-state index is 0.0691. The topological polar surface area (TPSA) is 41.1 Å². The van der Waals surface area contributed by atoms with Gasteiger partial charge in [-0.2, -0.15) is 0 Å². The second kappa shape index (κ2) is 8.11. The molecule has 0 saturated carbocycles. The van der Waals surface area contributed by atoms with Crippen molar-refractivity contribution in [3.8, 4) is 0 Å². The van der Waals surface area contributed by atoms with Crippen molar-refractivity contribution in [2.45, 2.75) is 6.04 Å². The second-order valence-electron chi connectivity index (χ2n) is 5.69. The fourth-order valence-electron chi connectivity index (χ4n) is 2.64. The summed E-state index contributed by atoms with van der Waals surface area (Å²) in [6.45, 7) is 0.0691. The van der Waals surface area contributed by atoms with E-state index in [0.717, 1.165) is 11.1 Å². The molecule has 0 bridgehead atoms. The number of carbonyl (C=O) groups is 1. The van der Waals surface area contributed by atoms with E-state index in [1.54, 1.807) is 12.1 Å². The molecule has 0 atom stereocenters. The van der Waals surface area contributed by atoms with Gasteiger partial charge in [-0.3, -0.25) is 4.79 Å². The molecule has 0 aromatic heterocycles. The maximum absolute atomic E-state index is 13.2. The third-order valence-corrected chi connectivity index (χ3v) is 3.85. The molecule has 0 saturated heterocycles. The Morgan fingerprint density at radius 2 is 1.44 bits per heavy atom. The maximum atomic E-state index is 13.2. The predicted molar refractivity (Wildman–Crippen MR) is 97.8 cm³/mol. The summed E-state index contributed by atoms with van der Waals surface area (Å²) in [4.78, 5) is 12.4. The lowest BCUT2D eigenvalue weighted by molar-refractivity contribution is -0.119. The predicted octanol–water partition coefficient (Wildman–Crippen LogP) is 4.14. The van der Waals surface area contributed by atoms with Crippen molar-refractivity contribution < 1.29 is 9.18 Å². The molecule has 0 radical (unpaired) electrons. The van der Waals surface area contributed by atoms with Crippen molar-refractivity contribution >= 4 is 11.6 Å². The normalized spacial score (nSPS) is 10.5. The van der Waals surface area contributed by atoms with Crippen LogP contribution in [-0.4, -0.2) is 12.5 Å². The highest BCUT2D eigenvalue weighted by atomic mass is 19.1. The van der Waals surface area contributed by atoms with Gasteiger partial charge in [0.05, 0.1) is 12.6 Å². The molecule has 0 heterocycles. The fourth-order valence-corrected chi connectivity index (χ4v) is 2.64. The summed E-state index contributed by atoms with van der Waals surface area (Å²) >= 11 is 0. The van der Waals surface area contributed by atoms with Crippen molar-refractivity contribution in [3.63, 3.8) is 0 Å². The van der Waals surface area contributed by atoms with Crippen molar-refractivity contribution in [3.05, 3.63) is 102 Å². The van der Waals surface area contributed by atoms with Gasteiger partial charge in [-0.1, -0.05) is 66.7 Å². The van der Waals surface area contributed by atoms with E-state index in [-0.39, 0.29) is 24.3 Å². The molecule has 0 aliphatic carbocycles. The molecule has 0 spiro atoms. The Balaban J connectivity index is 1.71. The molecular formula is C21H19FN2O. The lowest BCUT2D eigenvalue weighted by Gasteiger charge is -2.20. The molecule has 0 fully saturated rings. The summed E-state index contributed by atoms with van der Waals surface area (Å²) in [6.07, 6.45) is 0. The van der Waals surface area contributed by atoms with Crippen LogP contribution in [-0.2, 0) is 4.79 Å². The molecule has 0 unspecified atom stereocenters. The average molecular weight is 334 g/mol. The largest absolute Gasteiger partial charge is 0.376 e. The van der Waals surface area contributed by atoms with Crippen LogP contribution in [0.25, 0.3) is 0 Å². The van der Waals surface area contributed by atoms with Crippen LogP contribution in [0.15, 0.2) is 84.9 Å². The summed E-state index contributed by atoms with van der Waals surface area (Å²) < 4.78 is 13.2. The number of benzene rings is 3. The first-order valence-electron chi connectivity index (χ1n) is 8.11. The molecule has 3 nitrogen and oxygen atoms in total. The van der Waals surface area contributed by atoms with E-state index >= 15 is 0 Å². The lowest BCUT2D eigenvalue weighted by atomic mass is 9.99. The van der Waals surface area contributed by atoms with Crippen LogP contribution in [0.5, 0.6) is 0 Å². The van der Waals surface area contributed by atoms with Crippen LogP contribution >= 0.6 is 0 Å². The first-order chi connectivity index (χ1) is 12.2. The van der Waals surface area contributed by atoms with E-state index in [4.69, 9.17) is 0 Å². The van der Waals surface area contributed by atoms with Gasteiger partial charge in [0.1, 0.15) is 5.82 Å². The minimum Gasteiger partial charge on any atom is -0.376 e. The third kappa shape index (κ3) is 4.67. The van der Waals surface area contributed by atoms with Crippen LogP contribution in [0.3, 0.4) is 0 Å². The number of rotatable bonds is 6. The monoisotopic (exact) mass is 334 g/mol. The number of hydrogen-bond acceptors (Lipinski definition) is 2. The third-order valence-electron chi connectivity index (χ3n) is 3.85. The van der Waals surface area contributed by atoms with Crippen molar-refractivity contribution in [2.75, 3.05) is 11.9 Å². The summed E-state index contributed by atoms with van der Waals surface area (Å²) in [6, 6.07) is 25.4. The van der Waals surface area contributed by atoms with Crippen LogP contribution in [0.1, 0.15) is 17.2 Å². The number of carbonyl (C=O) groups excluding carboxylic acids is 1. The molecule has 3 rings (SSSR count). The molecule has 2 N–H and O–H groups in total. The standard InChI is InChI=1S/C21H19FN2O/c22-18-12-7-13-19(14-18)23-15-20(25)24-21(16-8-3-1-4-9-16)17-10-5-2-6-11-17/h1-14,21,23H,15H2,(H,24,25). The van der Waals surface area contributed by atoms with Crippen LogP contribution in [0.4, 0.5) is 10.1 Å². The number of amides is 1. The van der Waals surface area contributed by atoms with Gasteiger partial charge >= 0.3 is 0 Å². The van der Waals surface area contributed by atoms with Crippen molar-refractivity contribution in [2.24, 2.45) is 0 Å². The van der Waals surface area contributed by atoms with Gasteiger partial charge in [0.15, 0.2) is 0 Å². The summed E-state index contributed by atoms with van der Waals surface area (Å²) in [7, 11) is 0. The summed E-state index contributed by atoms with van der Waals surface area (Å²) in [5, 5.41) is 5.98. The van der Waals surface area contributed by atoms with Gasteiger partial charge in [-0.15, -0.1) is 0 Å². The molecule has 3 aromatic carbocycles. The zero-order valence-electron chi connectivity index (χ0n) is 13.7. The molecule has 3 aromatic rings. The highest BCUT2D eigenvalue weighted by Gasteiger charge is 2.16. The Hall–Kier alpha value is -3.14. The molecule has 25 heavy (non-hydrogen) atoms. The number of anilines is 1. The van der Waals surface area contributed by atoms with Gasteiger partial charge in [-0.25, -0.2) is 4.39 Å².